The number of imide groups is 1. The number of benzene rings is 8. The van der Waals surface area contributed by atoms with Crippen LogP contribution in [0.4, 0.5) is 5.69 Å². The number of carbonyl (C=O) groups excluding carboxylic acids is 2. The number of nitrogens with zero attached hydrogens (tertiary/aromatic N) is 4. The number of fused-ring (bicyclic) bond motifs is 4. The van der Waals surface area contributed by atoms with Crippen LogP contribution in [-0.4, -0.2) is 16.4 Å². The van der Waals surface area contributed by atoms with Crippen LogP contribution in [0, 0.1) is 22.7 Å². The molecule has 0 aliphatic carbocycles. The molecular formula is C52H30N4O2. The van der Waals surface area contributed by atoms with E-state index < -0.39 is 11.8 Å². The summed E-state index contributed by atoms with van der Waals surface area (Å²) in [6.45, 7) is 0. The molecule has 0 saturated heterocycles. The Morgan fingerprint density at radius 1 is 0.397 bits per heavy atom. The standard InChI is InChI=1S/C52H30N4O2/c53-31-37-16-7-9-18-42(37)35-22-24-47-45(29-35)46-30-36(43-19-10-8-17-38(43)32-54)23-25-48(46)56(47)49-21-11-20-44-50(49)52(58)55(51(44)57)41-27-39(33-12-3-1-4-13-33)26-40(28-41)34-14-5-2-6-15-34/h1-30H. The number of carbonyl (C=O) groups is 2. The van der Waals surface area contributed by atoms with Crippen molar-refractivity contribution < 1.29 is 9.59 Å². The number of aromatic nitrogens is 1. The highest BCUT2D eigenvalue weighted by molar-refractivity contribution is 6.36. The molecule has 6 nitrogen and oxygen atoms in total. The summed E-state index contributed by atoms with van der Waals surface area (Å²) < 4.78 is 2.05. The van der Waals surface area contributed by atoms with Gasteiger partial charge in [-0.05, 0) is 111 Å². The number of hydrogen-bond donors (Lipinski definition) is 0. The van der Waals surface area contributed by atoms with E-state index in [1.807, 2.05) is 150 Å². The number of rotatable bonds is 6. The van der Waals surface area contributed by atoms with Crippen LogP contribution in [0.2, 0.25) is 0 Å². The smallest absolute Gasteiger partial charge is 0.268 e. The first kappa shape index (κ1) is 34.2. The molecule has 0 radical (unpaired) electrons. The van der Waals surface area contributed by atoms with E-state index in [2.05, 4.69) is 30.3 Å². The highest BCUT2D eigenvalue weighted by Crippen LogP contribution is 2.42. The first-order valence-corrected chi connectivity index (χ1v) is 18.9. The lowest BCUT2D eigenvalue weighted by Crippen LogP contribution is -2.29. The minimum atomic E-state index is -0.408. The molecule has 58 heavy (non-hydrogen) atoms. The third-order valence-corrected chi connectivity index (χ3v) is 11.0. The molecule has 0 fully saturated rings. The maximum Gasteiger partial charge on any atom is 0.268 e. The van der Waals surface area contributed by atoms with E-state index in [1.165, 1.54) is 4.90 Å². The van der Waals surface area contributed by atoms with Crippen LogP contribution < -0.4 is 4.90 Å². The molecule has 6 heteroatoms. The lowest BCUT2D eigenvalue weighted by molar-refractivity contribution is 0.0926. The first-order chi connectivity index (χ1) is 28.5. The van der Waals surface area contributed by atoms with Crippen LogP contribution in [0.15, 0.2) is 182 Å². The zero-order valence-corrected chi connectivity index (χ0v) is 30.9. The fraction of sp³-hybridized carbons (Fsp3) is 0. The van der Waals surface area contributed by atoms with E-state index in [-0.39, 0.29) is 0 Å². The summed E-state index contributed by atoms with van der Waals surface area (Å²) in [6, 6.07) is 63.0. The Labute approximate surface area is 334 Å². The second kappa shape index (κ2) is 13.8. The van der Waals surface area contributed by atoms with Gasteiger partial charge in [-0.2, -0.15) is 10.5 Å². The van der Waals surface area contributed by atoms with E-state index in [9.17, 15) is 20.1 Å². The molecule has 10 rings (SSSR count). The molecule has 1 aliphatic heterocycles. The zero-order chi connectivity index (χ0) is 39.3. The zero-order valence-electron chi connectivity index (χ0n) is 30.9. The second-order valence-corrected chi connectivity index (χ2v) is 14.3. The van der Waals surface area contributed by atoms with Crippen LogP contribution in [0.5, 0.6) is 0 Å². The van der Waals surface area contributed by atoms with E-state index in [1.54, 1.807) is 18.2 Å². The Balaban J connectivity index is 1.18. The highest BCUT2D eigenvalue weighted by atomic mass is 16.2. The summed E-state index contributed by atoms with van der Waals surface area (Å²) in [6.07, 6.45) is 0. The van der Waals surface area contributed by atoms with Crippen molar-refractivity contribution in [2.45, 2.75) is 0 Å². The van der Waals surface area contributed by atoms with Crippen LogP contribution in [0.1, 0.15) is 31.8 Å². The molecule has 2 heterocycles. The molecule has 0 saturated carbocycles. The van der Waals surface area contributed by atoms with Crippen molar-refractivity contribution >= 4 is 39.3 Å². The Morgan fingerprint density at radius 3 is 1.40 bits per heavy atom. The van der Waals surface area contributed by atoms with Gasteiger partial charge >= 0.3 is 0 Å². The van der Waals surface area contributed by atoms with Gasteiger partial charge in [-0.15, -0.1) is 0 Å². The number of amides is 2. The van der Waals surface area contributed by atoms with Crippen LogP contribution in [0.25, 0.3) is 72.0 Å². The maximum atomic E-state index is 14.9. The van der Waals surface area contributed by atoms with Crippen molar-refractivity contribution in [1.29, 1.82) is 10.5 Å². The van der Waals surface area contributed by atoms with Crippen LogP contribution in [0.3, 0.4) is 0 Å². The van der Waals surface area contributed by atoms with E-state index >= 15 is 0 Å². The quantitative estimate of drug-likeness (QED) is 0.159. The van der Waals surface area contributed by atoms with Crippen molar-refractivity contribution in [3.8, 4) is 62.3 Å². The van der Waals surface area contributed by atoms with Gasteiger partial charge in [-0.3, -0.25) is 9.59 Å². The van der Waals surface area contributed by atoms with Gasteiger partial charge in [0.15, 0.2) is 0 Å². The molecular weight excluding hydrogens is 713 g/mol. The third-order valence-electron chi connectivity index (χ3n) is 11.0. The van der Waals surface area contributed by atoms with E-state index in [4.69, 9.17) is 0 Å². The van der Waals surface area contributed by atoms with E-state index in [0.29, 0.717) is 33.6 Å². The molecule has 1 aromatic heterocycles. The molecule has 8 aromatic carbocycles. The predicted octanol–water partition coefficient (Wildman–Crippen LogP) is 12.0. The maximum absolute atomic E-state index is 14.9. The van der Waals surface area contributed by atoms with Crippen molar-refractivity contribution in [1.82, 2.24) is 4.57 Å². The van der Waals surface area contributed by atoms with Crippen LogP contribution >= 0.6 is 0 Å². The van der Waals surface area contributed by atoms with Crippen LogP contribution in [-0.2, 0) is 0 Å². The number of anilines is 1. The highest BCUT2D eigenvalue weighted by Gasteiger charge is 2.39. The minimum Gasteiger partial charge on any atom is -0.308 e. The molecule has 0 N–H and O–H groups in total. The summed E-state index contributed by atoms with van der Waals surface area (Å²) in [4.78, 5) is 30.8. The average molecular weight is 743 g/mol. The summed E-state index contributed by atoms with van der Waals surface area (Å²) >= 11 is 0. The van der Waals surface area contributed by atoms with Gasteiger partial charge in [-0.1, -0.05) is 115 Å². The Kier molecular flexibility index (Phi) is 8.11. The normalized spacial score (nSPS) is 12.1. The summed E-state index contributed by atoms with van der Waals surface area (Å²) in [5.41, 5.74) is 11.5. The second-order valence-electron chi connectivity index (χ2n) is 14.3. The SMILES string of the molecule is N#Cc1ccccc1-c1ccc2c(c1)c1cc(-c3ccccc3C#N)ccc1n2-c1cccc2c1C(=O)N(c1cc(-c3ccccc3)cc(-c3ccccc3)c1)C2=O. The van der Waals surface area contributed by atoms with Gasteiger partial charge < -0.3 is 4.57 Å². The molecule has 0 spiro atoms. The average Bonchev–Trinajstić information content (AvgIpc) is 3.75. The largest absolute Gasteiger partial charge is 0.308 e. The third kappa shape index (κ3) is 5.48. The topological polar surface area (TPSA) is 89.9 Å². The molecule has 0 unspecified atom stereocenters. The fourth-order valence-electron chi connectivity index (χ4n) is 8.31. The van der Waals surface area contributed by atoms with Gasteiger partial charge in [0.2, 0.25) is 0 Å². The van der Waals surface area contributed by atoms with Crippen molar-refractivity contribution in [2.75, 3.05) is 4.90 Å². The monoisotopic (exact) mass is 742 g/mol. The Morgan fingerprint density at radius 2 is 0.879 bits per heavy atom. The van der Waals surface area contributed by atoms with Gasteiger partial charge in [0.05, 0.1) is 56.8 Å². The van der Waals surface area contributed by atoms with Gasteiger partial charge in [0, 0.05) is 10.8 Å². The molecule has 1 aliphatic rings. The van der Waals surface area contributed by atoms with E-state index in [0.717, 1.165) is 66.3 Å². The minimum absolute atomic E-state index is 0.315. The Bertz CT molecular complexity index is 3070. The molecule has 0 atom stereocenters. The van der Waals surface area contributed by atoms with Crippen molar-refractivity contribution in [3.63, 3.8) is 0 Å². The fourth-order valence-corrected chi connectivity index (χ4v) is 8.31. The molecule has 9 aromatic rings. The molecule has 270 valence electrons. The molecule has 0 bridgehead atoms. The lowest BCUT2D eigenvalue weighted by atomic mass is 9.96. The lowest BCUT2D eigenvalue weighted by Gasteiger charge is -2.18. The Hall–Kier alpha value is -8.32. The van der Waals surface area contributed by atoms with Crippen molar-refractivity contribution in [3.05, 3.63) is 204 Å². The molecule has 2 amide bonds. The summed E-state index contributed by atoms with van der Waals surface area (Å²) in [5.74, 6) is -0.799. The summed E-state index contributed by atoms with van der Waals surface area (Å²) in [5, 5.41) is 21.7. The summed E-state index contributed by atoms with van der Waals surface area (Å²) in [7, 11) is 0. The first-order valence-electron chi connectivity index (χ1n) is 18.9. The van der Waals surface area contributed by atoms with Gasteiger partial charge in [0.1, 0.15) is 0 Å². The predicted molar refractivity (Wildman–Crippen MR) is 230 cm³/mol. The number of nitriles is 2. The van der Waals surface area contributed by atoms with Gasteiger partial charge in [0.25, 0.3) is 11.8 Å². The number of hydrogen-bond acceptors (Lipinski definition) is 4. The van der Waals surface area contributed by atoms with Crippen molar-refractivity contribution in [2.24, 2.45) is 0 Å². The van der Waals surface area contributed by atoms with Gasteiger partial charge in [-0.25, -0.2) is 4.90 Å².